The molecule has 1 aromatic heterocycles. The molecule has 1 fully saturated rings. The molecule has 1 aliphatic rings. The van der Waals surface area contributed by atoms with Crippen LogP contribution in [0.3, 0.4) is 0 Å². The van der Waals surface area contributed by atoms with Crippen molar-refractivity contribution in [1.82, 2.24) is 15.1 Å². The van der Waals surface area contributed by atoms with E-state index in [-0.39, 0.29) is 0 Å². The lowest BCUT2D eigenvalue weighted by Gasteiger charge is -2.34. The summed E-state index contributed by atoms with van der Waals surface area (Å²) in [6.45, 7) is 4.56. The minimum atomic E-state index is 0.682. The lowest BCUT2D eigenvalue weighted by atomic mass is 9.76. The van der Waals surface area contributed by atoms with Crippen LogP contribution in [0.25, 0.3) is 0 Å². The number of nitrogens with one attached hydrogen (secondary N) is 1. The zero-order valence-electron chi connectivity index (χ0n) is 12.2. The molecule has 3 unspecified atom stereocenters. The fourth-order valence-electron chi connectivity index (χ4n) is 3.31. The number of hydrogen-bond donors (Lipinski definition) is 1. The highest BCUT2D eigenvalue weighted by atomic mass is 15.3. The summed E-state index contributed by atoms with van der Waals surface area (Å²) in [6.07, 6.45) is 6.23. The Hall–Kier alpha value is -0.830. The Kier molecular flexibility index (Phi) is 4.44. The van der Waals surface area contributed by atoms with Crippen LogP contribution < -0.4 is 5.32 Å². The van der Waals surface area contributed by atoms with Gasteiger partial charge in [0.25, 0.3) is 0 Å². The summed E-state index contributed by atoms with van der Waals surface area (Å²) in [5, 5.41) is 8.07. The van der Waals surface area contributed by atoms with Crippen LogP contribution in [0, 0.1) is 11.8 Å². The van der Waals surface area contributed by atoms with E-state index in [4.69, 9.17) is 0 Å². The fraction of sp³-hybridized carbons (Fsp3) is 0.800. The van der Waals surface area contributed by atoms with E-state index in [0.29, 0.717) is 6.04 Å². The Morgan fingerprint density at radius 3 is 2.83 bits per heavy atom. The predicted octanol–water partition coefficient (Wildman–Crippen LogP) is 2.55. The Bertz CT molecular complexity index is 383. The first-order chi connectivity index (χ1) is 8.63. The molecule has 0 radical (unpaired) electrons. The van der Waals surface area contributed by atoms with Crippen LogP contribution in [0.15, 0.2) is 6.07 Å². The van der Waals surface area contributed by atoms with E-state index in [2.05, 4.69) is 49.1 Å². The summed E-state index contributed by atoms with van der Waals surface area (Å²) in [5.74, 6) is 1.64. The monoisotopic (exact) mass is 249 g/mol. The summed E-state index contributed by atoms with van der Waals surface area (Å²) in [6, 6.07) is 2.97. The van der Waals surface area contributed by atoms with Crippen molar-refractivity contribution in [3.8, 4) is 0 Å². The molecule has 1 N–H and O–H groups in total. The molecule has 3 nitrogen and oxygen atoms in total. The van der Waals surface area contributed by atoms with Gasteiger partial charge in [0, 0.05) is 18.8 Å². The molecule has 1 saturated carbocycles. The lowest BCUT2D eigenvalue weighted by molar-refractivity contribution is 0.217. The third kappa shape index (κ3) is 2.94. The third-order valence-electron chi connectivity index (χ3n) is 4.48. The quantitative estimate of drug-likeness (QED) is 0.889. The first kappa shape index (κ1) is 13.6. The van der Waals surface area contributed by atoms with Gasteiger partial charge < -0.3 is 5.32 Å². The Balaban J connectivity index is 2.07. The van der Waals surface area contributed by atoms with Gasteiger partial charge >= 0.3 is 0 Å². The number of aryl methyl sites for hydroxylation is 2. The zero-order chi connectivity index (χ0) is 13.1. The first-order valence-electron chi connectivity index (χ1n) is 7.33. The second-order valence-electron chi connectivity index (χ2n) is 5.88. The van der Waals surface area contributed by atoms with Crippen molar-refractivity contribution in [1.29, 1.82) is 0 Å². The lowest BCUT2D eigenvalue weighted by Crippen LogP contribution is -2.39. The molecule has 0 bridgehead atoms. The molecule has 2 rings (SSSR count). The normalized spacial score (nSPS) is 28.6. The van der Waals surface area contributed by atoms with E-state index in [1.165, 1.54) is 37.1 Å². The van der Waals surface area contributed by atoms with Gasteiger partial charge in [-0.25, -0.2) is 0 Å². The third-order valence-corrected chi connectivity index (χ3v) is 4.48. The molecule has 1 heterocycles. The largest absolute Gasteiger partial charge is 0.317 e. The Morgan fingerprint density at radius 2 is 2.22 bits per heavy atom. The Labute approximate surface area is 111 Å². The van der Waals surface area contributed by atoms with Crippen molar-refractivity contribution in [2.45, 2.75) is 52.0 Å². The van der Waals surface area contributed by atoms with Gasteiger partial charge in [0.1, 0.15) is 0 Å². The van der Waals surface area contributed by atoms with Crippen LogP contribution >= 0.6 is 0 Å². The topological polar surface area (TPSA) is 29.9 Å². The second-order valence-corrected chi connectivity index (χ2v) is 5.88. The van der Waals surface area contributed by atoms with Crippen molar-refractivity contribution < 1.29 is 0 Å². The van der Waals surface area contributed by atoms with E-state index >= 15 is 0 Å². The maximum absolute atomic E-state index is 4.56. The standard InChI is InChI=1S/C15H27N3/c1-5-13-10-14(18(4)17-13)9-12-8-11(2)6-7-15(12)16-3/h10-12,15-16H,5-9H2,1-4H3. The van der Waals surface area contributed by atoms with Crippen LogP contribution in [-0.4, -0.2) is 22.9 Å². The van der Waals surface area contributed by atoms with Crippen molar-refractivity contribution >= 4 is 0 Å². The van der Waals surface area contributed by atoms with Crippen LogP contribution in [0.5, 0.6) is 0 Å². The van der Waals surface area contributed by atoms with Gasteiger partial charge in [0.05, 0.1) is 5.69 Å². The zero-order valence-corrected chi connectivity index (χ0v) is 12.2. The van der Waals surface area contributed by atoms with Gasteiger partial charge in [-0.2, -0.15) is 5.10 Å². The average Bonchev–Trinajstić information content (AvgIpc) is 2.71. The van der Waals surface area contributed by atoms with E-state index < -0.39 is 0 Å². The molecule has 102 valence electrons. The molecule has 0 aliphatic heterocycles. The molecular weight excluding hydrogens is 222 g/mol. The van der Waals surface area contributed by atoms with Gasteiger partial charge in [-0.15, -0.1) is 0 Å². The number of nitrogens with zero attached hydrogens (tertiary/aromatic N) is 2. The van der Waals surface area contributed by atoms with Crippen LogP contribution in [0.1, 0.15) is 44.5 Å². The van der Waals surface area contributed by atoms with E-state index in [9.17, 15) is 0 Å². The van der Waals surface area contributed by atoms with Gasteiger partial charge in [0.15, 0.2) is 0 Å². The summed E-state index contributed by atoms with van der Waals surface area (Å²) >= 11 is 0. The molecule has 1 aromatic rings. The molecule has 3 heteroatoms. The second kappa shape index (κ2) is 5.87. The summed E-state index contributed by atoms with van der Waals surface area (Å²) in [7, 11) is 4.18. The molecule has 1 aliphatic carbocycles. The predicted molar refractivity (Wildman–Crippen MR) is 75.6 cm³/mol. The van der Waals surface area contributed by atoms with Gasteiger partial charge in [-0.05, 0) is 57.1 Å². The van der Waals surface area contributed by atoms with Gasteiger partial charge in [-0.3, -0.25) is 4.68 Å². The maximum Gasteiger partial charge on any atom is 0.0624 e. The number of hydrogen-bond acceptors (Lipinski definition) is 2. The van der Waals surface area contributed by atoms with E-state index in [1.807, 2.05) is 0 Å². The number of aromatic nitrogens is 2. The molecular formula is C15H27N3. The smallest absolute Gasteiger partial charge is 0.0624 e. The minimum absolute atomic E-state index is 0.682. The van der Waals surface area contributed by atoms with Crippen molar-refractivity contribution in [2.75, 3.05) is 7.05 Å². The van der Waals surface area contributed by atoms with E-state index in [1.54, 1.807) is 0 Å². The molecule has 0 amide bonds. The highest BCUT2D eigenvalue weighted by Gasteiger charge is 2.28. The SMILES string of the molecule is CCc1cc(CC2CC(C)CCC2NC)n(C)n1. The molecule has 18 heavy (non-hydrogen) atoms. The summed E-state index contributed by atoms with van der Waals surface area (Å²) in [4.78, 5) is 0. The molecule has 0 spiro atoms. The van der Waals surface area contributed by atoms with Gasteiger partial charge in [-0.1, -0.05) is 13.8 Å². The van der Waals surface area contributed by atoms with E-state index in [0.717, 1.165) is 18.3 Å². The summed E-state index contributed by atoms with van der Waals surface area (Å²) < 4.78 is 2.07. The maximum atomic E-state index is 4.56. The van der Waals surface area contributed by atoms with Crippen LogP contribution in [0.2, 0.25) is 0 Å². The molecule has 3 atom stereocenters. The highest BCUT2D eigenvalue weighted by Crippen LogP contribution is 2.31. The van der Waals surface area contributed by atoms with Crippen molar-refractivity contribution in [2.24, 2.45) is 18.9 Å². The average molecular weight is 249 g/mol. The van der Waals surface area contributed by atoms with Crippen molar-refractivity contribution in [3.05, 3.63) is 17.5 Å². The van der Waals surface area contributed by atoms with Crippen LogP contribution in [0.4, 0.5) is 0 Å². The first-order valence-corrected chi connectivity index (χ1v) is 7.33. The van der Waals surface area contributed by atoms with Crippen LogP contribution in [-0.2, 0) is 19.9 Å². The Morgan fingerprint density at radius 1 is 1.44 bits per heavy atom. The highest BCUT2D eigenvalue weighted by molar-refractivity contribution is 5.11. The molecule has 0 aromatic carbocycles. The van der Waals surface area contributed by atoms with Crippen molar-refractivity contribution in [3.63, 3.8) is 0 Å². The molecule has 0 saturated heterocycles. The fourth-order valence-corrected chi connectivity index (χ4v) is 3.31. The minimum Gasteiger partial charge on any atom is -0.317 e. The summed E-state index contributed by atoms with van der Waals surface area (Å²) in [5.41, 5.74) is 2.61. The number of rotatable bonds is 4. The van der Waals surface area contributed by atoms with Gasteiger partial charge in [0.2, 0.25) is 0 Å².